The van der Waals surface area contributed by atoms with E-state index in [0.717, 1.165) is 17.3 Å². The number of nitrogens with two attached hydrogens (primary N) is 2. The second kappa shape index (κ2) is 19.3. The first-order valence-corrected chi connectivity index (χ1v) is 18.6. The van der Waals surface area contributed by atoms with Crippen molar-refractivity contribution in [2.24, 2.45) is 17.4 Å². The first-order chi connectivity index (χ1) is 25.1. The molecule has 7 atom stereocenters. The number of aromatic hydroxyl groups is 1. The Labute approximate surface area is 311 Å². The normalized spacial score (nSPS) is 22.9. The summed E-state index contributed by atoms with van der Waals surface area (Å²) in [6.45, 7) is 1.97. The number of hydrogen-bond donors (Lipinski definition) is 9. The lowest BCUT2D eigenvalue weighted by atomic mass is 9.77. The smallest absolute Gasteiger partial charge is 0.475 e. The minimum absolute atomic E-state index is 0.0429. The fourth-order valence-electron chi connectivity index (χ4n) is 6.54. The molecule has 4 rings (SSSR count). The molecule has 19 heteroatoms. The molecule has 0 bridgehead atoms. The van der Waals surface area contributed by atoms with E-state index < -0.39 is 72.3 Å². The molecule has 288 valence electrons. The van der Waals surface area contributed by atoms with Gasteiger partial charge in [-0.05, 0) is 69.2 Å². The zero-order valence-electron chi connectivity index (χ0n) is 29.5. The molecule has 2 heterocycles. The van der Waals surface area contributed by atoms with E-state index in [-0.39, 0.29) is 66.5 Å². The van der Waals surface area contributed by atoms with Crippen LogP contribution in [0.3, 0.4) is 0 Å². The number of hydrogen-bond acceptors (Lipinski definition) is 14. The monoisotopic (exact) mass is 757 g/mol. The molecule has 1 aliphatic carbocycles. The minimum atomic E-state index is -1.61. The van der Waals surface area contributed by atoms with Gasteiger partial charge < -0.3 is 47.5 Å². The average Bonchev–Trinajstić information content (AvgIpc) is 3.85. The van der Waals surface area contributed by atoms with Crippen LogP contribution in [0.4, 0.5) is 0 Å². The maximum atomic E-state index is 13.0. The molecule has 4 amide bonds. The average molecular weight is 758 g/mol. The Morgan fingerprint density at radius 3 is 2.53 bits per heavy atom. The maximum Gasteiger partial charge on any atom is 0.475 e. The van der Waals surface area contributed by atoms with Crippen LogP contribution in [0, 0.1) is 5.92 Å². The van der Waals surface area contributed by atoms with Gasteiger partial charge in [0, 0.05) is 31.3 Å². The lowest BCUT2D eigenvalue weighted by Crippen LogP contribution is -2.51. The van der Waals surface area contributed by atoms with Crippen molar-refractivity contribution in [3.63, 3.8) is 0 Å². The predicted molar refractivity (Wildman–Crippen MR) is 195 cm³/mol. The number of primary amides is 1. The molecule has 2 saturated heterocycles. The number of rotatable bonds is 19. The minimum Gasteiger partial charge on any atom is -0.508 e. The lowest BCUT2D eigenvalue weighted by molar-refractivity contribution is -0.133. The van der Waals surface area contributed by atoms with Gasteiger partial charge in [-0.2, -0.15) is 0 Å². The van der Waals surface area contributed by atoms with Crippen molar-refractivity contribution in [2.45, 2.75) is 88.0 Å². The Morgan fingerprint density at radius 2 is 1.85 bits per heavy atom. The van der Waals surface area contributed by atoms with E-state index in [1.54, 1.807) is 12.1 Å². The number of carbonyl (C=O) groups excluding carboxylic acids is 7. The van der Waals surface area contributed by atoms with Gasteiger partial charge in [-0.25, -0.2) is 0 Å². The molecule has 1 aromatic carbocycles. The van der Waals surface area contributed by atoms with Gasteiger partial charge in [0.05, 0.1) is 47.5 Å². The van der Waals surface area contributed by atoms with Crippen LogP contribution in [0.2, 0.25) is 0 Å². The summed E-state index contributed by atoms with van der Waals surface area (Å²) in [5.74, 6) is -4.69. The van der Waals surface area contributed by atoms with E-state index in [2.05, 4.69) is 21.3 Å². The molecule has 2 fully saturated rings. The van der Waals surface area contributed by atoms with Gasteiger partial charge in [-0.15, -0.1) is 11.8 Å². The highest BCUT2D eigenvalue weighted by atomic mass is 32.2. The highest BCUT2D eigenvalue weighted by Gasteiger charge is 2.41. The van der Waals surface area contributed by atoms with E-state index in [9.17, 15) is 48.7 Å². The molecule has 0 radical (unpaired) electrons. The fraction of sp³-hybridized carbons (Fsp3) is 0.559. The van der Waals surface area contributed by atoms with Crippen LogP contribution in [0.15, 0.2) is 35.2 Å². The zero-order valence-corrected chi connectivity index (χ0v) is 30.3. The Kier molecular flexibility index (Phi) is 15.1. The SMILES string of the molecule is C[C@@H](NC(=O)[C@@H](N)Cc1ccc(O)cc1)C(=O)CN[C@@H](CSC1=CC(=O)C(CCCC(=O)NC2CN[C@H](C(=O)N3CCC[C@H]3B(O)O)C2)C1=O)C(N)=O. The number of likely N-dealkylation sites (tertiary alicyclic amines) is 1. The first kappa shape index (κ1) is 41.6. The second-order valence-corrected chi connectivity index (χ2v) is 14.7. The molecule has 17 nitrogen and oxygen atoms in total. The Bertz CT molecular complexity index is 1580. The number of allylic oxidation sites excluding steroid dienone is 2. The largest absolute Gasteiger partial charge is 0.508 e. The van der Waals surface area contributed by atoms with Crippen LogP contribution in [0.5, 0.6) is 5.75 Å². The standard InChI is InChI=1S/C34H48BN7O10S/c1-18(40-33(49)23(36)12-19-7-9-21(43)10-8-19)27(45)16-39-25(32(37)48)17-53-28-14-26(44)22(31(28)47)4-2-6-30(46)41-20-13-24(38-15-20)34(50)42-11-3-5-29(42)35(51)52/h7-10,14,18,20,22-25,29,38-39,43,51-52H,2-6,11-13,15-17,36H2,1H3,(H2,37,48)(H,40,49)(H,41,46)/t18-,20?,22?,23+,24+,25+,29+/m1/s1. The summed E-state index contributed by atoms with van der Waals surface area (Å²) >= 11 is 0.956. The van der Waals surface area contributed by atoms with E-state index in [4.69, 9.17) is 11.5 Å². The zero-order chi connectivity index (χ0) is 38.8. The molecule has 2 unspecified atom stereocenters. The molecule has 0 spiro atoms. The van der Waals surface area contributed by atoms with Crippen molar-refractivity contribution in [1.82, 2.24) is 26.2 Å². The summed E-state index contributed by atoms with van der Waals surface area (Å²) in [6.07, 6.45) is 3.40. The number of carbonyl (C=O) groups is 7. The summed E-state index contributed by atoms with van der Waals surface area (Å²) in [4.78, 5) is 90.2. The Morgan fingerprint density at radius 1 is 1.13 bits per heavy atom. The molecule has 11 N–H and O–H groups in total. The van der Waals surface area contributed by atoms with Crippen LogP contribution < -0.4 is 32.7 Å². The van der Waals surface area contributed by atoms with E-state index in [1.807, 2.05) is 0 Å². The van der Waals surface area contributed by atoms with Gasteiger partial charge in [-0.1, -0.05) is 12.1 Å². The molecule has 2 aliphatic heterocycles. The van der Waals surface area contributed by atoms with E-state index in [0.29, 0.717) is 32.4 Å². The van der Waals surface area contributed by atoms with Crippen LogP contribution in [-0.4, -0.2) is 130 Å². The number of thioether (sulfide) groups is 1. The highest BCUT2D eigenvalue weighted by molar-refractivity contribution is 8.04. The molecule has 1 aromatic rings. The highest BCUT2D eigenvalue weighted by Crippen LogP contribution is 2.31. The van der Waals surface area contributed by atoms with E-state index in [1.165, 1.54) is 30.0 Å². The molecular weight excluding hydrogens is 709 g/mol. The third-order valence-corrected chi connectivity index (χ3v) is 10.8. The summed E-state index contributed by atoms with van der Waals surface area (Å²) < 4.78 is 0. The summed E-state index contributed by atoms with van der Waals surface area (Å²) in [7, 11) is -1.61. The van der Waals surface area contributed by atoms with Gasteiger partial charge in [0.15, 0.2) is 17.3 Å². The summed E-state index contributed by atoms with van der Waals surface area (Å²) in [5, 5.41) is 39.8. The van der Waals surface area contributed by atoms with Crippen LogP contribution in [0.1, 0.15) is 51.0 Å². The Balaban J connectivity index is 1.14. The van der Waals surface area contributed by atoms with Gasteiger partial charge >= 0.3 is 7.12 Å². The molecule has 0 saturated carbocycles. The van der Waals surface area contributed by atoms with Crippen molar-refractivity contribution in [3.8, 4) is 5.75 Å². The van der Waals surface area contributed by atoms with Crippen molar-refractivity contribution in [2.75, 3.05) is 25.4 Å². The van der Waals surface area contributed by atoms with Gasteiger partial charge in [0.25, 0.3) is 0 Å². The molecule has 3 aliphatic rings. The number of ketones is 3. The van der Waals surface area contributed by atoms with Crippen molar-refractivity contribution in [1.29, 1.82) is 0 Å². The second-order valence-electron chi connectivity index (χ2n) is 13.7. The first-order valence-electron chi connectivity index (χ1n) is 17.7. The van der Waals surface area contributed by atoms with Gasteiger partial charge in [0.1, 0.15) is 5.75 Å². The molecule has 53 heavy (non-hydrogen) atoms. The summed E-state index contributed by atoms with van der Waals surface area (Å²) in [5.41, 5.74) is 12.2. The summed E-state index contributed by atoms with van der Waals surface area (Å²) in [6, 6.07) is 2.44. The van der Waals surface area contributed by atoms with Crippen LogP contribution in [-0.2, 0) is 40.0 Å². The molecule has 0 aromatic heterocycles. The number of phenols is 1. The van der Waals surface area contributed by atoms with Crippen molar-refractivity contribution >= 4 is 59.9 Å². The number of nitrogens with zero attached hydrogens (tertiary/aromatic N) is 1. The topological polar surface area (TPSA) is 284 Å². The molecular formula is C34H48BN7O10S. The van der Waals surface area contributed by atoms with Crippen molar-refractivity contribution in [3.05, 3.63) is 40.8 Å². The Hall–Kier alpha value is -4.14. The van der Waals surface area contributed by atoms with Crippen molar-refractivity contribution < 1.29 is 48.7 Å². The fourth-order valence-corrected chi connectivity index (χ4v) is 7.65. The van der Waals surface area contributed by atoms with Crippen LogP contribution in [0.25, 0.3) is 0 Å². The lowest BCUT2D eigenvalue weighted by Gasteiger charge is -2.26. The quantitative estimate of drug-likeness (QED) is 0.0509. The predicted octanol–water partition coefficient (Wildman–Crippen LogP) is -2.82. The van der Waals surface area contributed by atoms with Gasteiger partial charge in [0.2, 0.25) is 23.6 Å². The third-order valence-electron chi connectivity index (χ3n) is 9.64. The third kappa shape index (κ3) is 11.7. The number of Topliss-reactive ketones (excluding diaryl/α,β-unsaturated/α-hetero) is 2. The maximum absolute atomic E-state index is 13.0. The number of phenolic OH excluding ortho intramolecular Hbond substituents is 1. The van der Waals surface area contributed by atoms with Crippen LogP contribution >= 0.6 is 11.8 Å². The van der Waals surface area contributed by atoms with E-state index >= 15 is 0 Å². The number of benzene rings is 1. The number of amides is 4. The van der Waals surface area contributed by atoms with Gasteiger partial charge in [-0.3, -0.25) is 38.9 Å². The number of nitrogens with one attached hydrogen (secondary N) is 4.